The van der Waals surface area contributed by atoms with Crippen LogP contribution in [0.2, 0.25) is 0 Å². The Balaban J connectivity index is 1.94. The van der Waals surface area contributed by atoms with Gasteiger partial charge in [0.1, 0.15) is 0 Å². The average molecular weight is 166 g/mol. The first-order chi connectivity index (χ1) is 5.61. The number of hydrogen-bond acceptors (Lipinski definition) is 1. The van der Waals surface area contributed by atoms with Crippen molar-refractivity contribution in [3.05, 3.63) is 0 Å². The maximum atomic E-state index is 9.42. The molecule has 68 valence electrons. The van der Waals surface area contributed by atoms with Crippen molar-refractivity contribution in [2.45, 2.75) is 33.1 Å². The fourth-order valence-corrected chi connectivity index (χ4v) is 4.18. The highest BCUT2D eigenvalue weighted by molar-refractivity contribution is 5.20. The van der Waals surface area contributed by atoms with Gasteiger partial charge in [-0.05, 0) is 47.8 Å². The second-order valence-corrected chi connectivity index (χ2v) is 5.83. The van der Waals surface area contributed by atoms with Crippen molar-refractivity contribution in [2.24, 2.45) is 28.6 Å². The summed E-state index contributed by atoms with van der Waals surface area (Å²) in [6, 6.07) is 0. The van der Waals surface area contributed by atoms with Crippen LogP contribution < -0.4 is 0 Å². The zero-order valence-corrected chi connectivity index (χ0v) is 8.01. The van der Waals surface area contributed by atoms with E-state index in [1.807, 2.05) is 0 Å². The van der Waals surface area contributed by atoms with Crippen LogP contribution in [0.5, 0.6) is 0 Å². The van der Waals surface area contributed by atoms with Gasteiger partial charge in [0.2, 0.25) is 0 Å². The smallest absolute Gasteiger partial charge is 0.0493 e. The molecule has 0 heterocycles. The molecule has 4 aliphatic rings. The number of aliphatic hydroxyl groups excluding tert-OH is 1. The van der Waals surface area contributed by atoms with Crippen LogP contribution in [0.1, 0.15) is 33.1 Å². The van der Waals surface area contributed by atoms with E-state index in [0.717, 1.165) is 17.8 Å². The minimum Gasteiger partial charge on any atom is -0.396 e. The molecule has 0 unspecified atom stereocenters. The Morgan fingerprint density at radius 1 is 1.25 bits per heavy atom. The van der Waals surface area contributed by atoms with E-state index in [9.17, 15) is 5.11 Å². The molecule has 0 radical (unpaired) electrons. The highest BCUT2D eigenvalue weighted by Gasteiger charge is 2.72. The zero-order valence-electron chi connectivity index (χ0n) is 8.01. The third kappa shape index (κ3) is 0.555. The van der Waals surface area contributed by atoms with Crippen molar-refractivity contribution in [1.82, 2.24) is 0 Å². The lowest BCUT2D eigenvalue weighted by Gasteiger charge is -2.60. The van der Waals surface area contributed by atoms with Crippen molar-refractivity contribution in [2.75, 3.05) is 6.61 Å². The molecule has 4 fully saturated rings. The summed E-state index contributed by atoms with van der Waals surface area (Å²) in [5, 5.41) is 9.42. The largest absolute Gasteiger partial charge is 0.396 e. The van der Waals surface area contributed by atoms with Crippen LogP contribution in [0.15, 0.2) is 0 Å². The first kappa shape index (κ1) is 7.37. The first-order valence-corrected chi connectivity index (χ1v) is 5.22. The molecule has 0 aromatic carbocycles. The van der Waals surface area contributed by atoms with Crippen molar-refractivity contribution < 1.29 is 5.11 Å². The van der Waals surface area contributed by atoms with E-state index in [-0.39, 0.29) is 0 Å². The number of rotatable bonds is 1. The monoisotopic (exact) mass is 166 g/mol. The van der Waals surface area contributed by atoms with Gasteiger partial charge in [0, 0.05) is 6.61 Å². The van der Waals surface area contributed by atoms with E-state index in [1.165, 1.54) is 19.3 Å². The molecule has 1 N–H and O–H groups in total. The second kappa shape index (κ2) is 1.75. The third-order valence-electron chi connectivity index (χ3n) is 5.31. The summed E-state index contributed by atoms with van der Waals surface area (Å²) in [4.78, 5) is 0. The Hall–Kier alpha value is -0.0400. The van der Waals surface area contributed by atoms with E-state index in [4.69, 9.17) is 0 Å². The normalized spacial score (nSPS) is 58.8. The molecule has 2 bridgehead atoms. The van der Waals surface area contributed by atoms with Gasteiger partial charge < -0.3 is 5.11 Å². The van der Waals surface area contributed by atoms with E-state index in [1.54, 1.807) is 0 Å². The molecule has 4 saturated carbocycles. The van der Waals surface area contributed by atoms with Gasteiger partial charge in [-0.15, -0.1) is 0 Å². The minimum atomic E-state index is 0.401. The van der Waals surface area contributed by atoms with Crippen LogP contribution in [0.25, 0.3) is 0 Å². The van der Waals surface area contributed by atoms with Crippen LogP contribution in [-0.2, 0) is 0 Å². The minimum absolute atomic E-state index is 0.401. The third-order valence-corrected chi connectivity index (χ3v) is 5.31. The molecule has 0 amide bonds. The average Bonchev–Trinajstić information content (AvgIpc) is 2.77. The van der Waals surface area contributed by atoms with Crippen LogP contribution >= 0.6 is 0 Å². The van der Waals surface area contributed by atoms with Gasteiger partial charge in [-0.25, -0.2) is 0 Å². The van der Waals surface area contributed by atoms with Gasteiger partial charge >= 0.3 is 0 Å². The van der Waals surface area contributed by atoms with Crippen molar-refractivity contribution in [3.63, 3.8) is 0 Å². The Morgan fingerprint density at radius 2 is 2.00 bits per heavy atom. The molecule has 0 aromatic rings. The lowest BCUT2D eigenvalue weighted by atomic mass is 9.45. The van der Waals surface area contributed by atoms with Crippen molar-refractivity contribution in [3.8, 4) is 0 Å². The van der Waals surface area contributed by atoms with E-state index in [0.29, 0.717) is 17.4 Å². The molecule has 4 atom stereocenters. The molecular weight excluding hydrogens is 148 g/mol. The lowest BCUT2D eigenvalue weighted by molar-refractivity contribution is -0.125. The van der Waals surface area contributed by atoms with Gasteiger partial charge in [0.15, 0.2) is 0 Å². The summed E-state index contributed by atoms with van der Waals surface area (Å²) in [6.07, 6.45) is 4.14. The topological polar surface area (TPSA) is 20.2 Å². The zero-order chi connectivity index (χ0) is 8.56. The SMILES string of the molecule is CC1(C)[C@H]2C[C@@H]3C[C@]3(CO)[C@@H]1C2. The quantitative estimate of drug-likeness (QED) is 0.632. The fraction of sp³-hybridized carbons (Fsp3) is 1.00. The predicted molar refractivity (Wildman–Crippen MR) is 47.6 cm³/mol. The van der Waals surface area contributed by atoms with E-state index >= 15 is 0 Å². The summed E-state index contributed by atoms with van der Waals surface area (Å²) >= 11 is 0. The van der Waals surface area contributed by atoms with Crippen LogP contribution in [0.4, 0.5) is 0 Å². The molecular formula is C11H18O. The van der Waals surface area contributed by atoms with Crippen molar-refractivity contribution in [1.29, 1.82) is 0 Å². The van der Waals surface area contributed by atoms with Gasteiger partial charge in [0.05, 0.1) is 0 Å². The predicted octanol–water partition coefficient (Wildman–Crippen LogP) is 2.05. The maximum Gasteiger partial charge on any atom is 0.0493 e. The van der Waals surface area contributed by atoms with Gasteiger partial charge in [-0.3, -0.25) is 0 Å². The van der Waals surface area contributed by atoms with Gasteiger partial charge in [-0.1, -0.05) is 13.8 Å². The Kier molecular flexibility index (Phi) is 1.07. The highest BCUT2D eigenvalue weighted by atomic mass is 16.3. The molecule has 0 aromatic heterocycles. The number of hydrogen-bond donors (Lipinski definition) is 1. The molecule has 0 aliphatic heterocycles. The summed E-state index contributed by atoms with van der Waals surface area (Å²) in [5.74, 6) is 2.73. The summed E-state index contributed by atoms with van der Waals surface area (Å²) in [6.45, 7) is 5.26. The molecule has 4 rings (SSSR count). The summed E-state index contributed by atoms with van der Waals surface area (Å²) in [7, 11) is 0. The summed E-state index contributed by atoms with van der Waals surface area (Å²) < 4.78 is 0. The number of aliphatic hydroxyl groups is 1. The first-order valence-electron chi connectivity index (χ1n) is 5.22. The summed E-state index contributed by atoms with van der Waals surface area (Å²) in [5.41, 5.74) is 0.952. The second-order valence-electron chi connectivity index (χ2n) is 5.83. The highest BCUT2D eigenvalue weighted by Crippen LogP contribution is 2.77. The fourth-order valence-electron chi connectivity index (χ4n) is 4.18. The molecule has 1 heteroatoms. The van der Waals surface area contributed by atoms with Crippen LogP contribution in [0.3, 0.4) is 0 Å². The lowest BCUT2D eigenvalue weighted by Crippen LogP contribution is -2.54. The maximum absolute atomic E-state index is 9.42. The Morgan fingerprint density at radius 3 is 2.50 bits per heavy atom. The molecule has 12 heavy (non-hydrogen) atoms. The molecule has 1 nitrogen and oxygen atoms in total. The molecule has 0 saturated heterocycles. The standard InChI is InChI=1S/C11H18O/c1-10(2)7-3-8-5-11(8,6-12)9(10)4-7/h7-9,12H,3-6H2,1-2H3/t7-,8+,9+,11+/m0/s1. The van der Waals surface area contributed by atoms with Crippen LogP contribution in [0, 0.1) is 28.6 Å². The van der Waals surface area contributed by atoms with E-state index < -0.39 is 0 Å². The molecule has 4 aliphatic carbocycles. The van der Waals surface area contributed by atoms with E-state index in [2.05, 4.69) is 13.8 Å². The van der Waals surface area contributed by atoms with Crippen molar-refractivity contribution >= 4 is 0 Å². The van der Waals surface area contributed by atoms with Crippen LogP contribution in [-0.4, -0.2) is 11.7 Å². The molecule has 0 spiro atoms. The van der Waals surface area contributed by atoms with Gasteiger partial charge in [-0.2, -0.15) is 0 Å². The van der Waals surface area contributed by atoms with Gasteiger partial charge in [0.25, 0.3) is 0 Å². The Bertz CT molecular complexity index is 233. The Labute approximate surface area is 74.2 Å².